The van der Waals surface area contributed by atoms with Crippen molar-refractivity contribution in [2.24, 2.45) is 0 Å². The summed E-state index contributed by atoms with van der Waals surface area (Å²) in [6, 6.07) is 27.7. The standard InChI is InChI=1S/C19H15FN2O3.C17H13FN2O2/c1-13(23)25-16-7-4-14(5-8-16)19(24)21-17-12-15(20)6-9-18(17)22-10-2-3-11-22;18-13-5-8-16(20-9-1-2-10-20)15(11-13)19-17(22)12-3-6-14(21)7-4-12/h2-12H,1H3,(H,21,24);1-11,21H,(H,19,22). The summed E-state index contributed by atoms with van der Waals surface area (Å²) < 4.78 is 35.6. The number of carbonyl (C=O) groups excluding carboxylic acids is 3. The van der Waals surface area contributed by atoms with E-state index < -0.39 is 23.5 Å². The van der Waals surface area contributed by atoms with Gasteiger partial charge in [-0.2, -0.15) is 0 Å². The average molecular weight is 635 g/mol. The Hall–Kier alpha value is -6.49. The topological polar surface area (TPSA) is 115 Å². The summed E-state index contributed by atoms with van der Waals surface area (Å²) in [5.74, 6) is -1.66. The first-order chi connectivity index (χ1) is 22.7. The maximum absolute atomic E-state index is 13.6. The molecule has 6 aromatic rings. The van der Waals surface area contributed by atoms with E-state index in [1.807, 2.05) is 36.7 Å². The van der Waals surface area contributed by atoms with Crippen LogP contribution >= 0.6 is 0 Å². The number of phenolic OH excluding ortho intramolecular Hbond substituents is 1. The van der Waals surface area contributed by atoms with Crippen LogP contribution in [0.25, 0.3) is 11.4 Å². The first-order valence-corrected chi connectivity index (χ1v) is 14.2. The van der Waals surface area contributed by atoms with E-state index in [2.05, 4.69) is 10.6 Å². The van der Waals surface area contributed by atoms with Crippen molar-refractivity contribution in [3.05, 3.63) is 157 Å². The molecule has 2 aromatic heterocycles. The molecule has 0 radical (unpaired) electrons. The first kappa shape index (κ1) is 31.9. The minimum atomic E-state index is -0.448. The molecule has 0 atom stereocenters. The van der Waals surface area contributed by atoms with Crippen LogP contribution in [0.15, 0.2) is 134 Å². The smallest absolute Gasteiger partial charge is 0.308 e. The molecule has 11 heteroatoms. The molecule has 6 rings (SSSR count). The molecule has 0 bridgehead atoms. The number of nitrogens with zero attached hydrogens (tertiary/aromatic N) is 2. The van der Waals surface area contributed by atoms with Crippen LogP contribution in [0.1, 0.15) is 27.6 Å². The van der Waals surface area contributed by atoms with Gasteiger partial charge in [-0.3, -0.25) is 14.4 Å². The zero-order valence-electron chi connectivity index (χ0n) is 24.9. The third-order valence-corrected chi connectivity index (χ3v) is 6.69. The molecular formula is C36H28F2N4O5. The van der Waals surface area contributed by atoms with Crippen LogP contribution in [-0.2, 0) is 4.79 Å². The number of rotatable bonds is 7. The van der Waals surface area contributed by atoms with Crippen LogP contribution in [0.2, 0.25) is 0 Å². The number of benzene rings is 4. The van der Waals surface area contributed by atoms with Crippen LogP contribution in [0, 0.1) is 11.6 Å². The molecule has 0 aliphatic carbocycles. The van der Waals surface area contributed by atoms with Crippen LogP contribution in [0.4, 0.5) is 20.2 Å². The van der Waals surface area contributed by atoms with Crippen molar-refractivity contribution in [3.8, 4) is 22.9 Å². The minimum absolute atomic E-state index is 0.0790. The van der Waals surface area contributed by atoms with E-state index in [4.69, 9.17) is 4.74 Å². The van der Waals surface area contributed by atoms with Gasteiger partial charge in [0, 0.05) is 42.8 Å². The molecular weight excluding hydrogens is 606 g/mol. The van der Waals surface area contributed by atoms with Crippen molar-refractivity contribution >= 4 is 29.2 Å². The molecule has 47 heavy (non-hydrogen) atoms. The molecule has 9 nitrogen and oxygen atoms in total. The predicted octanol–water partition coefficient (Wildman–Crippen LogP) is 7.37. The molecule has 0 aliphatic heterocycles. The van der Waals surface area contributed by atoms with Gasteiger partial charge in [-0.05, 0) is 109 Å². The van der Waals surface area contributed by atoms with Gasteiger partial charge >= 0.3 is 5.97 Å². The third-order valence-electron chi connectivity index (χ3n) is 6.69. The lowest BCUT2D eigenvalue weighted by Gasteiger charge is -2.12. The first-order valence-electron chi connectivity index (χ1n) is 14.2. The number of carbonyl (C=O) groups is 3. The van der Waals surface area contributed by atoms with Crippen molar-refractivity contribution < 1.29 is 33.0 Å². The number of halogens is 2. The normalized spacial score (nSPS) is 10.4. The van der Waals surface area contributed by atoms with E-state index in [9.17, 15) is 28.3 Å². The molecule has 236 valence electrons. The van der Waals surface area contributed by atoms with E-state index in [1.54, 1.807) is 33.7 Å². The maximum Gasteiger partial charge on any atom is 0.308 e. The Morgan fingerprint density at radius 1 is 0.617 bits per heavy atom. The Morgan fingerprint density at radius 2 is 1.02 bits per heavy atom. The number of aromatic hydroxyl groups is 1. The highest BCUT2D eigenvalue weighted by molar-refractivity contribution is 6.06. The number of anilines is 2. The van der Waals surface area contributed by atoms with Crippen molar-refractivity contribution in [2.75, 3.05) is 10.6 Å². The fourth-order valence-electron chi connectivity index (χ4n) is 4.50. The fraction of sp³-hybridized carbons (Fsp3) is 0.0278. The Labute approximate surface area is 268 Å². The number of hydrogen-bond donors (Lipinski definition) is 3. The molecule has 4 aromatic carbocycles. The van der Waals surface area contributed by atoms with E-state index >= 15 is 0 Å². The number of aromatic nitrogens is 2. The highest BCUT2D eigenvalue weighted by atomic mass is 19.1. The Balaban J connectivity index is 0.000000186. The van der Waals surface area contributed by atoms with Gasteiger partial charge in [0.2, 0.25) is 0 Å². The van der Waals surface area contributed by atoms with E-state index in [0.717, 1.165) is 0 Å². The van der Waals surface area contributed by atoms with Gasteiger partial charge in [-0.15, -0.1) is 0 Å². The second-order valence-electron chi connectivity index (χ2n) is 10.1. The quantitative estimate of drug-likeness (QED) is 0.125. The molecule has 0 spiro atoms. The van der Waals surface area contributed by atoms with Crippen LogP contribution in [-0.4, -0.2) is 32.0 Å². The van der Waals surface area contributed by atoms with E-state index in [1.165, 1.54) is 79.7 Å². The lowest BCUT2D eigenvalue weighted by atomic mass is 10.2. The van der Waals surface area contributed by atoms with Crippen molar-refractivity contribution in [1.82, 2.24) is 9.13 Å². The van der Waals surface area contributed by atoms with E-state index in [-0.39, 0.29) is 11.7 Å². The molecule has 0 saturated carbocycles. The molecule has 0 unspecified atom stereocenters. The molecule has 0 fully saturated rings. The second-order valence-corrected chi connectivity index (χ2v) is 10.1. The van der Waals surface area contributed by atoms with Gasteiger partial charge in [-0.1, -0.05) is 0 Å². The minimum Gasteiger partial charge on any atom is -0.508 e. The largest absolute Gasteiger partial charge is 0.508 e. The summed E-state index contributed by atoms with van der Waals surface area (Å²) in [5, 5.41) is 14.7. The summed E-state index contributed by atoms with van der Waals surface area (Å²) >= 11 is 0. The molecule has 3 N–H and O–H groups in total. The molecule has 0 saturated heterocycles. The van der Waals surface area contributed by atoms with Gasteiger partial charge in [0.25, 0.3) is 11.8 Å². The Bertz CT molecular complexity index is 1990. The average Bonchev–Trinajstić information content (AvgIpc) is 3.78. The Kier molecular flexibility index (Phi) is 9.87. The van der Waals surface area contributed by atoms with Crippen molar-refractivity contribution in [1.29, 1.82) is 0 Å². The van der Waals surface area contributed by atoms with Gasteiger partial charge in [0.05, 0.1) is 22.7 Å². The molecule has 0 aliphatic rings. The summed E-state index contributed by atoms with van der Waals surface area (Å²) in [5.41, 5.74) is 2.77. The second kappa shape index (κ2) is 14.5. The van der Waals surface area contributed by atoms with Crippen LogP contribution in [0.3, 0.4) is 0 Å². The number of phenols is 1. The van der Waals surface area contributed by atoms with Gasteiger partial charge in [0.15, 0.2) is 0 Å². The van der Waals surface area contributed by atoms with E-state index in [0.29, 0.717) is 39.6 Å². The molecule has 2 heterocycles. The SMILES string of the molecule is CC(=O)Oc1ccc(C(=O)Nc2cc(F)ccc2-n2cccc2)cc1.O=C(Nc1cc(F)ccc1-n1cccc1)c1ccc(O)cc1. The zero-order valence-corrected chi connectivity index (χ0v) is 24.9. The van der Waals surface area contributed by atoms with Crippen LogP contribution < -0.4 is 15.4 Å². The van der Waals surface area contributed by atoms with Gasteiger partial charge in [0.1, 0.15) is 23.1 Å². The number of esters is 1. The number of hydrogen-bond acceptors (Lipinski definition) is 5. The maximum atomic E-state index is 13.6. The summed E-state index contributed by atoms with van der Waals surface area (Å²) in [6.45, 7) is 1.30. The monoisotopic (exact) mass is 634 g/mol. The Morgan fingerprint density at radius 3 is 1.43 bits per heavy atom. The van der Waals surface area contributed by atoms with Crippen LogP contribution in [0.5, 0.6) is 11.5 Å². The molecule has 2 amide bonds. The predicted molar refractivity (Wildman–Crippen MR) is 173 cm³/mol. The third kappa shape index (κ3) is 8.37. The fourth-order valence-corrected chi connectivity index (χ4v) is 4.50. The van der Waals surface area contributed by atoms with Gasteiger partial charge in [-0.25, -0.2) is 8.78 Å². The highest BCUT2D eigenvalue weighted by Gasteiger charge is 2.13. The van der Waals surface area contributed by atoms with Crippen molar-refractivity contribution in [2.45, 2.75) is 6.92 Å². The summed E-state index contributed by atoms with van der Waals surface area (Å²) in [4.78, 5) is 35.6. The highest BCUT2D eigenvalue weighted by Crippen LogP contribution is 2.24. The van der Waals surface area contributed by atoms with Gasteiger partial charge < -0.3 is 29.6 Å². The lowest BCUT2D eigenvalue weighted by Crippen LogP contribution is -2.14. The lowest BCUT2D eigenvalue weighted by molar-refractivity contribution is -0.131. The summed E-state index contributed by atoms with van der Waals surface area (Å²) in [7, 11) is 0. The van der Waals surface area contributed by atoms with Crippen molar-refractivity contribution in [3.63, 3.8) is 0 Å². The zero-order chi connectivity index (χ0) is 33.3. The number of ether oxygens (including phenoxy) is 1. The number of amides is 2. The number of nitrogens with one attached hydrogen (secondary N) is 2. The summed E-state index contributed by atoms with van der Waals surface area (Å²) in [6.07, 6.45) is 7.22.